The van der Waals surface area contributed by atoms with E-state index in [1.807, 2.05) is 25.2 Å². The lowest BCUT2D eigenvalue weighted by molar-refractivity contribution is -0.137. The molecule has 0 heterocycles. The van der Waals surface area contributed by atoms with Crippen LogP contribution >= 0.6 is 0 Å². The van der Waals surface area contributed by atoms with E-state index in [0.29, 0.717) is 25.7 Å². The smallest absolute Gasteiger partial charge is 0.303 e. The highest BCUT2D eigenvalue weighted by atomic mass is 16.4. The molecule has 0 fully saturated rings. The average Bonchev–Trinajstić information content (AvgIpc) is 2.84. The van der Waals surface area contributed by atoms with E-state index < -0.39 is 12.1 Å². The van der Waals surface area contributed by atoms with Crippen LogP contribution in [0.25, 0.3) is 0 Å². The van der Waals surface area contributed by atoms with E-state index in [1.54, 1.807) is 6.08 Å². The molecule has 1 rings (SSSR count). The average molecular weight is 306 g/mol. The van der Waals surface area contributed by atoms with E-state index in [0.717, 1.165) is 30.4 Å². The number of carbonyl (C=O) groups is 2. The largest absolute Gasteiger partial charge is 0.481 e. The van der Waals surface area contributed by atoms with Crippen LogP contribution in [0.3, 0.4) is 0 Å². The van der Waals surface area contributed by atoms with E-state index in [2.05, 4.69) is 0 Å². The maximum absolute atomic E-state index is 11.9. The number of carboxylic acid groups (broad SMARTS) is 1. The molecule has 0 aromatic heterocycles. The van der Waals surface area contributed by atoms with Gasteiger partial charge in [0.15, 0.2) is 5.78 Å². The van der Waals surface area contributed by atoms with Crippen molar-refractivity contribution in [3.63, 3.8) is 0 Å². The summed E-state index contributed by atoms with van der Waals surface area (Å²) in [4.78, 5) is 22.3. The Morgan fingerprint density at radius 1 is 1.27 bits per heavy atom. The Balaban J connectivity index is 2.44. The molecule has 1 aliphatic carbocycles. The number of carbonyl (C=O) groups excluding carboxylic acids is 1. The molecule has 1 aliphatic rings. The number of aliphatic carboxylic acids is 1. The topological polar surface area (TPSA) is 74.6 Å². The van der Waals surface area contributed by atoms with E-state index in [-0.39, 0.29) is 12.2 Å². The molecule has 2 N–H and O–H groups in total. The molecule has 0 aliphatic heterocycles. The van der Waals surface area contributed by atoms with Crippen molar-refractivity contribution in [1.82, 2.24) is 0 Å². The van der Waals surface area contributed by atoms with Crippen molar-refractivity contribution in [2.75, 3.05) is 0 Å². The van der Waals surface area contributed by atoms with E-state index in [1.165, 1.54) is 0 Å². The van der Waals surface area contributed by atoms with Gasteiger partial charge in [-0.05, 0) is 44.1 Å². The van der Waals surface area contributed by atoms with E-state index in [4.69, 9.17) is 5.11 Å². The van der Waals surface area contributed by atoms with Crippen LogP contribution < -0.4 is 0 Å². The van der Waals surface area contributed by atoms with Crippen molar-refractivity contribution < 1.29 is 19.8 Å². The summed E-state index contributed by atoms with van der Waals surface area (Å²) in [5.41, 5.74) is 1.88. The third-order valence-corrected chi connectivity index (χ3v) is 3.78. The Morgan fingerprint density at radius 2 is 2.05 bits per heavy atom. The number of Topliss-reactive ketones (excluding diaryl/α,β-unsaturated/α-hetero) is 1. The number of aliphatic hydroxyl groups excluding tert-OH is 1. The first-order valence-corrected chi connectivity index (χ1v) is 8.02. The summed E-state index contributed by atoms with van der Waals surface area (Å²) >= 11 is 0. The zero-order valence-electron chi connectivity index (χ0n) is 13.3. The zero-order chi connectivity index (χ0) is 16.4. The highest BCUT2D eigenvalue weighted by Gasteiger charge is 2.19. The van der Waals surface area contributed by atoms with Gasteiger partial charge in [-0.3, -0.25) is 9.59 Å². The van der Waals surface area contributed by atoms with E-state index in [9.17, 15) is 14.7 Å². The first-order chi connectivity index (χ1) is 10.5. The fourth-order valence-electron chi connectivity index (χ4n) is 2.38. The van der Waals surface area contributed by atoms with Crippen molar-refractivity contribution in [3.8, 4) is 0 Å². The van der Waals surface area contributed by atoms with Gasteiger partial charge < -0.3 is 10.2 Å². The second kappa shape index (κ2) is 10.1. The lowest BCUT2D eigenvalue weighted by Crippen LogP contribution is -1.98. The van der Waals surface area contributed by atoms with Crippen LogP contribution in [0.2, 0.25) is 0 Å². The molecule has 1 atom stereocenters. The molecule has 0 saturated carbocycles. The minimum absolute atomic E-state index is 0.196. The van der Waals surface area contributed by atoms with Crippen LogP contribution in [0, 0.1) is 0 Å². The molecule has 0 unspecified atom stereocenters. The third-order valence-electron chi connectivity index (χ3n) is 3.78. The van der Waals surface area contributed by atoms with Gasteiger partial charge in [0.1, 0.15) is 0 Å². The number of carboxylic acids is 1. The molecular formula is C18H26O4. The number of hydrogen-bond donors (Lipinski definition) is 2. The quantitative estimate of drug-likeness (QED) is 0.478. The maximum atomic E-state index is 11.9. The minimum Gasteiger partial charge on any atom is -0.481 e. The van der Waals surface area contributed by atoms with Gasteiger partial charge >= 0.3 is 5.97 Å². The standard InChI is InChI=1S/C18H26O4/c1-2-15(19)12-10-14-11-13-17(20)16(14)8-6-4-3-5-7-9-18(21)22/h4,6,10,12,15,19H,2-3,5,7-9,11,13H2,1H3,(H,21,22)/b6-4-,12-10+/t15-/m1/s1. The van der Waals surface area contributed by atoms with Crippen molar-refractivity contribution in [3.05, 3.63) is 35.5 Å². The summed E-state index contributed by atoms with van der Waals surface area (Å²) in [6.07, 6.45) is 12.4. The van der Waals surface area contributed by atoms with Gasteiger partial charge in [0.25, 0.3) is 0 Å². The highest BCUT2D eigenvalue weighted by molar-refractivity contribution is 5.99. The van der Waals surface area contributed by atoms with Gasteiger partial charge in [0.05, 0.1) is 6.10 Å². The van der Waals surface area contributed by atoms with Crippen LogP contribution in [-0.4, -0.2) is 28.1 Å². The zero-order valence-corrected chi connectivity index (χ0v) is 13.3. The van der Waals surface area contributed by atoms with Gasteiger partial charge in [-0.15, -0.1) is 0 Å². The van der Waals surface area contributed by atoms with Crippen LogP contribution in [0.4, 0.5) is 0 Å². The lowest BCUT2D eigenvalue weighted by atomic mass is 10.1. The van der Waals surface area contributed by atoms with Gasteiger partial charge in [0.2, 0.25) is 0 Å². The lowest BCUT2D eigenvalue weighted by Gasteiger charge is -2.02. The number of allylic oxidation sites excluding steroid dienone is 5. The molecule has 0 amide bonds. The van der Waals surface area contributed by atoms with Crippen molar-refractivity contribution >= 4 is 11.8 Å². The fourth-order valence-corrected chi connectivity index (χ4v) is 2.38. The SMILES string of the molecule is CC[C@@H](O)/C=C/C1=C(C/C=C\CCCCC(=O)O)C(=O)CC1. The van der Waals surface area contributed by atoms with Gasteiger partial charge in [-0.1, -0.05) is 31.2 Å². The molecule has 4 nitrogen and oxygen atoms in total. The number of ketones is 1. The summed E-state index contributed by atoms with van der Waals surface area (Å²) in [6.45, 7) is 1.91. The summed E-state index contributed by atoms with van der Waals surface area (Å²) in [6, 6.07) is 0. The Bertz CT molecular complexity index is 471. The van der Waals surface area contributed by atoms with Crippen molar-refractivity contribution in [2.45, 2.75) is 64.4 Å². The first-order valence-electron chi connectivity index (χ1n) is 8.02. The number of unbranched alkanes of at least 4 members (excludes halogenated alkanes) is 2. The summed E-state index contributed by atoms with van der Waals surface area (Å²) in [5.74, 6) is -0.558. The first kappa shape index (κ1) is 18.4. The predicted molar refractivity (Wildman–Crippen MR) is 86.6 cm³/mol. The molecule has 122 valence electrons. The van der Waals surface area contributed by atoms with Gasteiger partial charge in [-0.25, -0.2) is 0 Å². The Morgan fingerprint density at radius 3 is 2.73 bits per heavy atom. The van der Waals surface area contributed by atoms with Crippen LogP contribution in [0.1, 0.15) is 58.3 Å². The van der Waals surface area contributed by atoms with E-state index >= 15 is 0 Å². The molecule has 4 heteroatoms. The molecule has 0 bridgehead atoms. The van der Waals surface area contributed by atoms with Crippen LogP contribution in [0.5, 0.6) is 0 Å². The fraction of sp³-hybridized carbons (Fsp3) is 0.556. The van der Waals surface area contributed by atoms with Gasteiger partial charge in [0, 0.05) is 18.4 Å². The maximum Gasteiger partial charge on any atom is 0.303 e. The van der Waals surface area contributed by atoms with Crippen molar-refractivity contribution in [1.29, 1.82) is 0 Å². The van der Waals surface area contributed by atoms with Crippen LogP contribution in [0.15, 0.2) is 35.5 Å². The molecule has 0 aromatic rings. The predicted octanol–water partition coefficient (Wildman–Crippen LogP) is 3.56. The molecule has 0 aromatic carbocycles. The normalized spacial score (nSPS) is 17.1. The minimum atomic E-state index is -0.753. The highest BCUT2D eigenvalue weighted by Crippen LogP contribution is 2.27. The summed E-state index contributed by atoms with van der Waals surface area (Å²) in [7, 11) is 0. The van der Waals surface area contributed by atoms with Crippen molar-refractivity contribution in [2.24, 2.45) is 0 Å². The Labute approximate surface area is 132 Å². The molecule has 22 heavy (non-hydrogen) atoms. The summed E-state index contributed by atoms with van der Waals surface area (Å²) < 4.78 is 0. The number of rotatable bonds is 10. The molecule has 0 radical (unpaired) electrons. The Hall–Kier alpha value is -1.68. The molecular weight excluding hydrogens is 280 g/mol. The monoisotopic (exact) mass is 306 g/mol. The second-order valence-electron chi connectivity index (χ2n) is 5.58. The molecule has 0 spiro atoms. The number of hydrogen-bond acceptors (Lipinski definition) is 3. The molecule has 0 saturated heterocycles. The second-order valence-corrected chi connectivity index (χ2v) is 5.58. The van der Waals surface area contributed by atoms with Crippen LogP contribution in [-0.2, 0) is 9.59 Å². The number of aliphatic hydroxyl groups is 1. The van der Waals surface area contributed by atoms with Gasteiger partial charge in [-0.2, -0.15) is 0 Å². The third kappa shape index (κ3) is 6.85. The summed E-state index contributed by atoms with van der Waals surface area (Å²) in [5, 5.41) is 18.1. The Kier molecular flexibility index (Phi) is 8.44.